The lowest BCUT2D eigenvalue weighted by molar-refractivity contribution is -0.125. The molecule has 1 N–H and O–H groups in total. The van der Waals surface area contributed by atoms with Gasteiger partial charge in [0.1, 0.15) is 5.75 Å². The van der Waals surface area contributed by atoms with Gasteiger partial charge in [0, 0.05) is 18.8 Å². The van der Waals surface area contributed by atoms with Crippen LogP contribution in [0.1, 0.15) is 17.5 Å². The zero-order valence-electron chi connectivity index (χ0n) is 14.5. The van der Waals surface area contributed by atoms with E-state index in [9.17, 15) is 9.59 Å². The molecule has 1 atom stereocenters. The van der Waals surface area contributed by atoms with Gasteiger partial charge in [-0.3, -0.25) is 9.59 Å². The summed E-state index contributed by atoms with van der Waals surface area (Å²) in [5.41, 5.74) is 1.23. The molecule has 1 unspecified atom stereocenters. The van der Waals surface area contributed by atoms with Crippen LogP contribution in [-0.4, -0.2) is 50.0 Å². The number of ether oxygens (including phenoxy) is 1. The molecule has 0 fully saturated rings. The smallest absolute Gasteiger partial charge is 0.291 e. The molecule has 3 rings (SSSR count). The highest BCUT2D eigenvalue weighted by Crippen LogP contribution is 2.36. The van der Waals surface area contributed by atoms with Crippen molar-refractivity contribution in [3.63, 3.8) is 0 Å². The topological polar surface area (TPSA) is 75.0 Å². The lowest BCUT2D eigenvalue weighted by Gasteiger charge is -2.34. The standard InChI is InChI=1S/C18H21N3O4/c1-12-18(23)21(9-8-20(2)3)14-11-13(6-7-15(14)25-12)19-17(22)16-5-4-10-24-16/h4-7,10-12H,8-9H2,1-3H3,(H,19,22). The Bertz CT molecular complexity index is 771. The van der Waals surface area contributed by atoms with E-state index in [2.05, 4.69) is 5.32 Å². The number of carbonyl (C=O) groups is 2. The van der Waals surface area contributed by atoms with Gasteiger partial charge in [-0.15, -0.1) is 0 Å². The highest BCUT2D eigenvalue weighted by atomic mass is 16.5. The molecule has 0 saturated heterocycles. The number of hydrogen-bond donors (Lipinski definition) is 1. The Hall–Kier alpha value is -2.80. The number of nitrogens with one attached hydrogen (secondary N) is 1. The van der Waals surface area contributed by atoms with Gasteiger partial charge >= 0.3 is 0 Å². The van der Waals surface area contributed by atoms with E-state index in [1.807, 2.05) is 19.0 Å². The van der Waals surface area contributed by atoms with Gasteiger partial charge in [-0.05, 0) is 51.4 Å². The van der Waals surface area contributed by atoms with Crippen LogP contribution < -0.4 is 15.0 Å². The molecule has 0 saturated carbocycles. The summed E-state index contributed by atoms with van der Waals surface area (Å²) in [5.74, 6) is 0.412. The number of furan rings is 1. The fourth-order valence-corrected chi connectivity index (χ4v) is 2.62. The maximum atomic E-state index is 12.5. The van der Waals surface area contributed by atoms with Crippen molar-refractivity contribution < 1.29 is 18.7 Å². The first-order chi connectivity index (χ1) is 12.0. The molecule has 0 radical (unpaired) electrons. The molecule has 2 amide bonds. The summed E-state index contributed by atoms with van der Waals surface area (Å²) in [6.07, 6.45) is 0.914. The summed E-state index contributed by atoms with van der Waals surface area (Å²) in [6.45, 7) is 3.00. The number of likely N-dealkylation sites (N-methyl/N-ethyl adjacent to an activating group) is 1. The molecule has 7 nitrogen and oxygen atoms in total. The summed E-state index contributed by atoms with van der Waals surface area (Å²) in [7, 11) is 3.91. The largest absolute Gasteiger partial charge is 0.479 e. The first-order valence-corrected chi connectivity index (χ1v) is 8.07. The third-order valence-electron chi connectivity index (χ3n) is 3.94. The van der Waals surface area contributed by atoms with E-state index >= 15 is 0 Å². The van der Waals surface area contributed by atoms with E-state index in [0.29, 0.717) is 23.7 Å². The zero-order chi connectivity index (χ0) is 18.0. The van der Waals surface area contributed by atoms with Crippen LogP contribution in [0, 0.1) is 0 Å². The Morgan fingerprint density at radius 2 is 2.12 bits per heavy atom. The predicted molar refractivity (Wildman–Crippen MR) is 94.1 cm³/mol. The highest BCUT2D eigenvalue weighted by molar-refractivity contribution is 6.04. The predicted octanol–water partition coefficient (Wildman–Crippen LogP) is 2.21. The molecule has 0 aliphatic carbocycles. The zero-order valence-corrected chi connectivity index (χ0v) is 14.5. The Balaban J connectivity index is 1.85. The average Bonchev–Trinajstić information content (AvgIpc) is 3.10. The first-order valence-electron chi connectivity index (χ1n) is 8.07. The van der Waals surface area contributed by atoms with Crippen LogP contribution in [0.25, 0.3) is 0 Å². The van der Waals surface area contributed by atoms with Crippen molar-refractivity contribution in [1.82, 2.24) is 4.90 Å². The summed E-state index contributed by atoms with van der Waals surface area (Å²) in [4.78, 5) is 28.3. The minimum Gasteiger partial charge on any atom is -0.479 e. The number of anilines is 2. The molecule has 1 aliphatic rings. The van der Waals surface area contributed by atoms with E-state index in [0.717, 1.165) is 6.54 Å². The van der Waals surface area contributed by atoms with Gasteiger partial charge in [-0.2, -0.15) is 0 Å². The van der Waals surface area contributed by atoms with Gasteiger partial charge in [0.2, 0.25) is 0 Å². The van der Waals surface area contributed by atoms with E-state index < -0.39 is 6.10 Å². The number of benzene rings is 1. The van der Waals surface area contributed by atoms with Gasteiger partial charge in [0.15, 0.2) is 11.9 Å². The second kappa shape index (κ2) is 6.98. The minimum atomic E-state index is -0.529. The Morgan fingerprint density at radius 1 is 1.32 bits per heavy atom. The van der Waals surface area contributed by atoms with Crippen molar-refractivity contribution in [2.75, 3.05) is 37.4 Å². The first kappa shape index (κ1) is 17.0. The average molecular weight is 343 g/mol. The molecular formula is C18H21N3O4. The van der Waals surface area contributed by atoms with Crippen LogP contribution in [0.4, 0.5) is 11.4 Å². The van der Waals surface area contributed by atoms with Gasteiger partial charge in [0.25, 0.3) is 11.8 Å². The van der Waals surface area contributed by atoms with Crippen LogP contribution in [0.15, 0.2) is 41.0 Å². The van der Waals surface area contributed by atoms with Crippen molar-refractivity contribution in [2.45, 2.75) is 13.0 Å². The monoisotopic (exact) mass is 343 g/mol. The second-order valence-corrected chi connectivity index (χ2v) is 6.17. The van der Waals surface area contributed by atoms with Crippen molar-refractivity contribution in [1.29, 1.82) is 0 Å². The second-order valence-electron chi connectivity index (χ2n) is 6.17. The SMILES string of the molecule is CC1Oc2ccc(NC(=O)c3ccco3)cc2N(CCN(C)C)C1=O. The van der Waals surface area contributed by atoms with Crippen molar-refractivity contribution in [3.05, 3.63) is 42.4 Å². The molecule has 1 aromatic carbocycles. The van der Waals surface area contributed by atoms with Gasteiger partial charge < -0.3 is 24.3 Å². The molecule has 0 bridgehead atoms. The summed E-state index contributed by atoms with van der Waals surface area (Å²) in [6, 6.07) is 8.49. The van der Waals surface area contributed by atoms with Crippen LogP contribution in [0.5, 0.6) is 5.75 Å². The molecule has 2 aromatic rings. The maximum absolute atomic E-state index is 12.5. The Labute approximate surface area is 146 Å². The number of amides is 2. The summed E-state index contributed by atoms with van der Waals surface area (Å²) in [5, 5.41) is 2.77. The maximum Gasteiger partial charge on any atom is 0.291 e. The molecule has 25 heavy (non-hydrogen) atoms. The summed E-state index contributed by atoms with van der Waals surface area (Å²) >= 11 is 0. The third-order valence-corrected chi connectivity index (χ3v) is 3.94. The number of hydrogen-bond acceptors (Lipinski definition) is 5. The summed E-state index contributed by atoms with van der Waals surface area (Å²) < 4.78 is 10.8. The van der Waals surface area contributed by atoms with Gasteiger partial charge in [0.05, 0.1) is 12.0 Å². The minimum absolute atomic E-state index is 0.0936. The molecule has 132 valence electrons. The Morgan fingerprint density at radius 3 is 2.80 bits per heavy atom. The van der Waals surface area contributed by atoms with E-state index in [4.69, 9.17) is 9.15 Å². The van der Waals surface area contributed by atoms with Crippen LogP contribution in [-0.2, 0) is 4.79 Å². The van der Waals surface area contributed by atoms with E-state index in [-0.39, 0.29) is 17.6 Å². The molecule has 7 heteroatoms. The van der Waals surface area contributed by atoms with E-state index in [1.165, 1.54) is 6.26 Å². The van der Waals surface area contributed by atoms with E-state index in [1.54, 1.807) is 42.2 Å². The Kier molecular flexibility index (Phi) is 4.76. The van der Waals surface area contributed by atoms with Crippen molar-refractivity contribution in [3.8, 4) is 5.75 Å². The third kappa shape index (κ3) is 3.66. The van der Waals surface area contributed by atoms with Crippen LogP contribution in [0.2, 0.25) is 0 Å². The quantitative estimate of drug-likeness (QED) is 0.901. The molecule has 1 aliphatic heterocycles. The van der Waals surface area contributed by atoms with Crippen molar-refractivity contribution in [2.24, 2.45) is 0 Å². The normalized spacial score (nSPS) is 16.6. The lowest BCUT2D eigenvalue weighted by atomic mass is 10.1. The molecule has 0 spiro atoms. The fraction of sp³-hybridized carbons (Fsp3) is 0.333. The number of nitrogens with zero attached hydrogens (tertiary/aromatic N) is 2. The highest BCUT2D eigenvalue weighted by Gasteiger charge is 2.31. The van der Waals surface area contributed by atoms with Crippen molar-refractivity contribution >= 4 is 23.2 Å². The molecule has 2 heterocycles. The number of fused-ring (bicyclic) bond motifs is 1. The molecular weight excluding hydrogens is 322 g/mol. The fourth-order valence-electron chi connectivity index (χ4n) is 2.62. The number of rotatable bonds is 5. The van der Waals surface area contributed by atoms with Crippen LogP contribution in [0.3, 0.4) is 0 Å². The number of carbonyl (C=O) groups excluding carboxylic acids is 2. The van der Waals surface area contributed by atoms with Gasteiger partial charge in [-0.25, -0.2) is 0 Å². The van der Waals surface area contributed by atoms with Gasteiger partial charge in [-0.1, -0.05) is 0 Å². The molecule has 1 aromatic heterocycles. The van der Waals surface area contributed by atoms with Crippen LogP contribution >= 0.6 is 0 Å². The lowest BCUT2D eigenvalue weighted by Crippen LogP contribution is -2.46.